The topological polar surface area (TPSA) is 53.8 Å². The molecule has 1 aromatic heterocycles. The Balaban J connectivity index is 1.58. The van der Waals surface area contributed by atoms with Crippen molar-refractivity contribution in [3.05, 3.63) is 45.8 Å². The van der Waals surface area contributed by atoms with E-state index in [1.54, 1.807) is 6.07 Å². The molecule has 3 heterocycles. The Labute approximate surface area is 153 Å². The molecule has 0 spiro atoms. The Morgan fingerprint density at radius 3 is 2.81 bits per heavy atom. The Morgan fingerprint density at radius 1 is 1.15 bits per heavy atom. The summed E-state index contributed by atoms with van der Waals surface area (Å²) in [5.74, 6) is 0.301. The second-order valence-corrected chi connectivity index (χ2v) is 7.50. The van der Waals surface area contributed by atoms with Gasteiger partial charge in [0.25, 0.3) is 0 Å². The van der Waals surface area contributed by atoms with Crippen molar-refractivity contribution in [1.82, 2.24) is 9.80 Å². The molecule has 26 heavy (non-hydrogen) atoms. The van der Waals surface area contributed by atoms with E-state index in [9.17, 15) is 9.59 Å². The highest BCUT2D eigenvalue weighted by Crippen LogP contribution is 2.25. The first-order valence-corrected chi connectivity index (χ1v) is 9.71. The predicted octanol–water partition coefficient (Wildman–Crippen LogP) is 2.94. The molecule has 0 N–H and O–H groups in total. The van der Waals surface area contributed by atoms with Gasteiger partial charge in [0.05, 0.1) is 0 Å². The summed E-state index contributed by atoms with van der Waals surface area (Å²) in [5.41, 5.74) is 2.64. The van der Waals surface area contributed by atoms with Crippen molar-refractivity contribution >= 4 is 16.9 Å². The van der Waals surface area contributed by atoms with E-state index < -0.39 is 0 Å². The minimum Gasteiger partial charge on any atom is -0.423 e. The fourth-order valence-electron chi connectivity index (χ4n) is 4.35. The number of rotatable bonds is 4. The summed E-state index contributed by atoms with van der Waals surface area (Å²) in [5, 5.41) is 1.03. The van der Waals surface area contributed by atoms with E-state index in [1.165, 1.54) is 5.56 Å². The van der Waals surface area contributed by atoms with E-state index >= 15 is 0 Å². The van der Waals surface area contributed by atoms with Gasteiger partial charge in [-0.1, -0.05) is 13.0 Å². The van der Waals surface area contributed by atoms with Gasteiger partial charge in [-0.2, -0.15) is 0 Å². The molecule has 1 aromatic carbocycles. The lowest BCUT2D eigenvalue weighted by Crippen LogP contribution is -2.48. The average Bonchev–Trinajstić information content (AvgIpc) is 3.07. The predicted molar refractivity (Wildman–Crippen MR) is 101 cm³/mol. The van der Waals surface area contributed by atoms with Crippen molar-refractivity contribution in [1.29, 1.82) is 0 Å². The van der Waals surface area contributed by atoms with Crippen LogP contribution in [0.1, 0.15) is 43.7 Å². The van der Waals surface area contributed by atoms with Crippen molar-refractivity contribution in [3.63, 3.8) is 0 Å². The molecule has 0 unspecified atom stereocenters. The molecule has 4 rings (SSSR count). The molecule has 2 aromatic rings. The summed E-state index contributed by atoms with van der Waals surface area (Å²) in [7, 11) is 0. The van der Waals surface area contributed by atoms with Crippen molar-refractivity contribution < 1.29 is 9.21 Å². The van der Waals surface area contributed by atoms with Crippen molar-refractivity contribution in [3.8, 4) is 0 Å². The molecule has 0 bridgehead atoms. The van der Waals surface area contributed by atoms with E-state index in [0.717, 1.165) is 62.8 Å². The first-order chi connectivity index (χ1) is 12.6. The van der Waals surface area contributed by atoms with Crippen LogP contribution < -0.4 is 5.63 Å². The first-order valence-electron chi connectivity index (χ1n) is 9.71. The number of fused-ring (bicyclic) bond motifs is 1. The van der Waals surface area contributed by atoms with E-state index in [2.05, 4.69) is 22.8 Å². The van der Waals surface area contributed by atoms with E-state index in [1.807, 2.05) is 12.1 Å². The van der Waals surface area contributed by atoms with E-state index in [4.69, 9.17) is 4.42 Å². The van der Waals surface area contributed by atoms with Gasteiger partial charge in [0.15, 0.2) is 0 Å². The third-order valence-electron chi connectivity index (χ3n) is 5.73. The summed E-state index contributed by atoms with van der Waals surface area (Å²) in [6.07, 6.45) is 4.81. The summed E-state index contributed by atoms with van der Waals surface area (Å²) in [6, 6.07) is 8.01. The van der Waals surface area contributed by atoms with Gasteiger partial charge in [0, 0.05) is 43.5 Å². The number of likely N-dealkylation sites (tertiary alicyclic amines) is 2. The summed E-state index contributed by atoms with van der Waals surface area (Å²) < 4.78 is 5.38. The zero-order valence-electron chi connectivity index (χ0n) is 15.4. The van der Waals surface area contributed by atoms with Gasteiger partial charge in [0.2, 0.25) is 5.91 Å². The molecule has 1 amide bonds. The van der Waals surface area contributed by atoms with Crippen molar-refractivity contribution in [2.75, 3.05) is 19.6 Å². The fourth-order valence-corrected chi connectivity index (χ4v) is 4.35. The van der Waals surface area contributed by atoms with Crippen LogP contribution >= 0.6 is 0 Å². The Morgan fingerprint density at radius 2 is 2.04 bits per heavy atom. The number of carbonyl (C=O) groups excluding carboxylic acids is 1. The zero-order valence-corrected chi connectivity index (χ0v) is 15.4. The molecule has 2 aliphatic rings. The summed E-state index contributed by atoms with van der Waals surface area (Å²) in [6.45, 7) is 5.65. The summed E-state index contributed by atoms with van der Waals surface area (Å²) >= 11 is 0. The molecule has 0 aliphatic carbocycles. The number of benzene rings is 1. The maximum Gasteiger partial charge on any atom is 0.336 e. The number of piperidine rings is 1. The third kappa shape index (κ3) is 3.40. The largest absolute Gasteiger partial charge is 0.423 e. The monoisotopic (exact) mass is 354 g/mol. The molecule has 5 heteroatoms. The second kappa shape index (κ2) is 7.23. The van der Waals surface area contributed by atoms with Gasteiger partial charge in [-0.3, -0.25) is 9.69 Å². The van der Waals surface area contributed by atoms with Crippen LogP contribution in [-0.4, -0.2) is 41.4 Å². The highest BCUT2D eigenvalue weighted by atomic mass is 16.4. The molecule has 0 radical (unpaired) electrons. The van der Waals surface area contributed by atoms with Crippen LogP contribution in [0.2, 0.25) is 0 Å². The van der Waals surface area contributed by atoms with Gasteiger partial charge in [0.1, 0.15) is 5.58 Å². The minimum absolute atomic E-state index is 0.292. The molecule has 5 nitrogen and oxygen atoms in total. The van der Waals surface area contributed by atoms with Crippen LogP contribution in [0.4, 0.5) is 0 Å². The van der Waals surface area contributed by atoms with Crippen LogP contribution in [-0.2, 0) is 17.8 Å². The zero-order chi connectivity index (χ0) is 18.1. The number of hydrogen-bond acceptors (Lipinski definition) is 4. The summed E-state index contributed by atoms with van der Waals surface area (Å²) in [4.78, 5) is 28.5. The van der Waals surface area contributed by atoms with Gasteiger partial charge >= 0.3 is 5.63 Å². The fraction of sp³-hybridized carbons (Fsp3) is 0.524. The number of amides is 1. The molecular formula is C21H26N2O3. The van der Waals surface area contributed by atoms with Crippen LogP contribution in [0, 0.1) is 0 Å². The quantitative estimate of drug-likeness (QED) is 0.792. The molecule has 1 atom stereocenters. The molecule has 138 valence electrons. The van der Waals surface area contributed by atoms with Gasteiger partial charge in [-0.25, -0.2) is 4.79 Å². The highest BCUT2D eigenvalue weighted by Gasteiger charge is 2.31. The van der Waals surface area contributed by atoms with Crippen molar-refractivity contribution in [2.24, 2.45) is 0 Å². The lowest BCUT2D eigenvalue weighted by molar-refractivity contribution is -0.130. The van der Waals surface area contributed by atoms with Crippen LogP contribution in [0.3, 0.4) is 0 Å². The number of aryl methyl sites for hydroxylation is 1. The molecule has 2 fully saturated rings. The van der Waals surface area contributed by atoms with E-state index in [0.29, 0.717) is 24.0 Å². The van der Waals surface area contributed by atoms with Crippen LogP contribution in [0.25, 0.3) is 11.0 Å². The normalized spacial score (nSPS) is 21.7. The number of hydrogen-bond donors (Lipinski definition) is 0. The first kappa shape index (κ1) is 17.3. The number of carbonyl (C=O) groups is 1. The Bertz CT molecular complexity index is 873. The van der Waals surface area contributed by atoms with Gasteiger partial charge in [-0.05, 0) is 55.5 Å². The maximum absolute atomic E-state index is 12.1. The molecule has 2 aliphatic heterocycles. The van der Waals surface area contributed by atoms with Crippen molar-refractivity contribution in [2.45, 2.75) is 51.6 Å². The van der Waals surface area contributed by atoms with Crippen LogP contribution in [0.15, 0.2) is 33.5 Å². The average molecular weight is 354 g/mol. The molecular weight excluding hydrogens is 328 g/mol. The maximum atomic E-state index is 12.1. The minimum atomic E-state index is -0.292. The second-order valence-electron chi connectivity index (χ2n) is 7.50. The lowest BCUT2D eigenvalue weighted by atomic mass is 10.0. The Hall–Kier alpha value is -2.14. The SMILES string of the molecule is CCc1ccc2oc(=O)cc(CN3CCC[C@@H](N4CCCC4=O)C3)c2c1. The number of nitrogens with zero attached hydrogens (tertiary/aromatic N) is 2. The third-order valence-corrected chi connectivity index (χ3v) is 5.73. The molecule has 0 saturated carbocycles. The van der Waals surface area contributed by atoms with E-state index in [-0.39, 0.29) is 5.63 Å². The van der Waals surface area contributed by atoms with Crippen LogP contribution in [0.5, 0.6) is 0 Å². The molecule has 2 saturated heterocycles. The Kier molecular flexibility index (Phi) is 4.81. The standard InChI is InChI=1S/C21H26N2O3/c1-2-15-7-8-19-18(11-15)16(12-21(25)26-19)13-22-9-3-5-17(14-22)23-10-4-6-20(23)24/h7-8,11-12,17H,2-6,9-10,13-14H2,1H3/t17-/m1/s1. The van der Waals surface area contributed by atoms with Gasteiger partial charge in [-0.15, -0.1) is 0 Å². The highest BCUT2D eigenvalue weighted by molar-refractivity contribution is 5.81. The van der Waals surface area contributed by atoms with Gasteiger partial charge < -0.3 is 9.32 Å². The lowest BCUT2D eigenvalue weighted by Gasteiger charge is -2.37. The smallest absolute Gasteiger partial charge is 0.336 e.